The first kappa shape index (κ1) is 12.5. The number of halogens is 1. The topological polar surface area (TPSA) is 45.8 Å². The van der Waals surface area contributed by atoms with Crippen LogP contribution in [0, 0.1) is 0 Å². The van der Waals surface area contributed by atoms with Gasteiger partial charge in [-0.15, -0.1) is 11.8 Å². The molecule has 1 saturated heterocycles. The summed E-state index contributed by atoms with van der Waals surface area (Å²) in [6.07, 6.45) is 2.71. The molecule has 0 radical (unpaired) electrons. The Morgan fingerprint density at radius 1 is 1.56 bits per heavy atom. The van der Waals surface area contributed by atoms with E-state index in [9.17, 15) is 4.79 Å². The van der Waals surface area contributed by atoms with E-state index < -0.39 is 0 Å². The summed E-state index contributed by atoms with van der Waals surface area (Å²) < 4.78 is 0.498. The van der Waals surface area contributed by atoms with Gasteiger partial charge in [0.15, 0.2) is 0 Å². The van der Waals surface area contributed by atoms with Gasteiger partial charge in [-0.1, -0.05) is 6.92 Å². The molecule has 1 aliphatic heterocycles. The monoisotopic (exact) mass is 320 g/mol. The summed E-state index contributed by atoms with van der Waals surface area (Å²) in [5, 5.41) is 0.882. The predicted octanol–water partition coefficient (Wildman–Crippen LogP) is 2.83. The average Bonchev–Trinajstić information content (AvgIpc) is 2.32. The number of hydrogen-bond acceptors (Lipinski definition) is 4. The quantitative estimate of drug-likeness (QED) is 0.910. The van der Waals surface area contributed by atoms with Gasteiger partial charge in [-0.25, -0.2) is 4.98 Å². The third-order valence-electron chi connectivity index (χ3n) is 2.50. The van der Waals surface area contributed by atoms with Crippen LogP contribution in [-0.2, 0) is 0 Å². The van der Waals surface area contributed by atoms with Crippen molar-refractivity contribution in [2.45, 2.75) is 23.8 Å². The molecule has 0 saturated carbocycles. The van der Waals surface area contributed by atoms with Crippen molar-refractivity contribution in [1.82, 2.24) is 9.97 Å². The number of aromatic amines is 1. The number of rotatable bonds is 2. The summed E-state index contributed by atoms with van der Waals surface area (Å²) in [6, 6.07) is 0. The highest BCUT2D eigenvalue weighted by molar-refractivity contribution is 9.10. The van der Waals surface area contributed by atoms with E-state index in [1.807, 2.05) is 23.5 Å². The van der Waals surface area contributed by atoms with Crippen LogP contribution in [0.5, 0.6) is 0 Å². The van der Waals surface area contributed by atoms with Gasteiger partial charge in [-0.05, 0) is 22.4 Å². The minimum atomic E-state index is -0.0870. The van der Waals surface area contributed by atoms with E-state index in [0.717, 1.165) is 18.0 Å². The summed E-state index contributed by atoms with van der Waals surface area (Å²) in [5.41, 5.74) is -0.0870. The molecule has 6 heteroatoms. The molecule has 0 amide bonds. The van der Waals surface area contributed by atoms with Crippen molar-refractivity contribution in [3.8, 4) is 0 Å². The Balaban J connectivity index is 2.27. The summed E-state index contributed by atoms with van der Waals surface area (Å²) >= 11 is 7.04. The van der Waals surface area contributed by atoms with E-state index in [2.05, 4.69) is 32.8 Å². The lowest BCUT2D eigenvalue weighted by molar-refractivity contribution is 0.743. The van der Waals surface area contributed by atoms with Crippen molar-refractivity contribution in [2.75, 3.05) is 11.5 Å². The van der Waals surface area contributed by atoms with Crippen LogP contribution >= 0.6 is 39.5 Å². The Labute approximate surface area is 111 Å². The first-order valence-corrected chi connectivity index (χ1v) is 8.09. The van der Waals surface area contributed by atoms with Gasteiger partial charge >= 0.3 is 0 Å². The van der Waals surface area contributed by atoms with Crippen molar-refractivity contribution in [1.29, 1.82) is 0 Å². The largest absolute Gasteiger partial charge is 0.309 e. The second-order valence-corrected chi connectivity index (χ2v) is 7.01. The molecule has 1 aliphatic rings. The number of nitrogens with one attached hydrogen (secondary N) is 1. The minimum absolute atomic E-state index is 0.0870. The van der Waals surface area contributed by atoms with Gasteiger partial charge in [-0.3, -0.25) is 4.79 Å². The number of nitrogens with zero attached hydrogens (tertiary/aromatic N) is 1. The Morgan fingerprint density at radius 3 is 3.00 bits per heavy atom. The minimum Gasteiger partial charge on any atom is -0.309 e. The number of hydrogen-bond donors (Lipinski definition) is 1. The molecule has 0 aromatic carbocycles. The molecule has 0 aliphatic carbocycles. The summed E-state index contributed by atoms with van der Waals surface area (Å²) in [7, 11) is 0. The van der Waals surface area contributed by atoms with Gasteiger partial charge in [0, 0.05) is 23.0 Å². The maximum atomic E-state index is 11.5. The van der Waals surface area contributed by atoms with Crippen LogP contribution in [0.1, 0.15) is 24.4 Å². The maximum Gasteiger partial charge on any atom is 0.265 e. The SMILES string of the molecule is CCC1SCCSC1c1ncc(Br)c(=O)[nH]1. The molecule has 1 N–H and O–H groups in total. The summed E-state index contributed by atoms with van der Waals surface area (Å²) in [5.74, 6) is 3.14. The Kier molecular flexibility index (Phi) is 4.38. The highest BCUT2D eigenvalue weighted by atomic mass is 79.9. The highest BCUT2D eigenvalue weighted by Gasteiger charge is 2.28. The van der Waals surface area contributed by atoms with Gasteiger partial charge in [-0.2, -0.15) is 11.8 Å². The van der Waals surface area contributed by atoms with Gasteiger partial charge in [0.1, 0.15) is 10.3 Å². The lowest BCUT2D eigenvalue weighted by Crippen LogP contribution is -2.23. The summed E-state index contributed by atoms with van der Waals surface area (Å²) in [6.45, 7) is 2.19. The van der Waals surface area contributed by atoms with Crippen LogP contribution in [0.25, 0.3) is 0 Å². The van der Waals surface area contributed by atoms with Gasteiger partial charge in [0.05, 0.1) is 5.25 Å². The second kappa shape index (κ2) is 5.60. The number of H-pyrrole nitrogens is 1. The van der Waals surface area contributed by atoms with Crippen LogP contribution in [0.4, 0.5) is 0 Å². The summed E-state index contributed by atoms with van der Waals surface area (Å²) in [4.78, 5) is 18.7. The Hall–Kier alpha value is 0.0600. The zero-order valence-corrected chi connectivity index (χ0v) is 12.1. The Bertz CT molecular complexity index is 424. The van der Waals surface area contributed by atoms with Crippen LogP contribution in [0.2, 0.25) is 0 Å². The van der Waals surface area contributed by atoms with Gasteiger partial charge in [0.25, 0.3) is 5.56 Å². The molecule has 2 heterocycles. The van der Waals surface area contributed by atoms with E-state index in [4.69, 9.17) is 0 Å². The van der Waals surface area contributed by atoms with Crippen molar-refractivity contribution in [2.24, 2.45) is 0 Å². The van der Waals surface area contributed by atoms with Crippen LogP contribution in [0.15, 0.2) is 15.5 Å². The third-order valence-corrected chi connectivity index (χ3v) is 6.32. The fourth-order valence-electron chi connectivity index (χ4n) is 1.69. The van der Waals surface area contributed by atoms with Crippen LogP contribution < -0.4 is 5.56 Å². The molecule has 1 aromatic heterocycles. The number of aromatic nitrogens is 2. The predicted molar refractivity (Wildman–Crippen MR) is 74.3 cm³/mol. The van der Waals surface area contributed by atoms with Crippen LogP contribution in [-0.4, -0.2) is 26.7 Å². The Morgan fingerprint density at radius 2 is 2.31 bits per heavy atom. The zero-order valence-electron chi connectivity index (χ0n) is 8.90. The van der Waals surface area contributed by atoms with Crippen molar-refractivity contribution in [3.63, 3.8) is 0 Å². The molecule has 88 valence electrons. The van der Waals surface area contributed by atoms with E-state index in [1.165, 1.54) is 5.75 Å². The normalized spacial score (nSPS) is 25.6. The molecule has 2 rings (SSSR count). The molecule has 0 spiro atoms. The molecule has 0 bridgehead atoms. The number of thioether (sulfide) groups is 2. The van der Waals surface area contributed by atoms with Crippen molar-refractivity contribution >= 4 is 39.5 Å². The van der Waals surface area contributed by atoms with Crippen LogP contribution in [0.3, 0.4) is 0 Å². The van der Waals surface area contributed by atoms with Crippen molar-refractivity contribution in [3.05, 3.63) is 26.8 Å². The van der Waals surface area contributed by atoms with E-state index >= 15 is 0 Å². The zero-order chi connectivity index (χ0) is 11.5. The standard InChI is InChI=1S/C10H13BrN2OS2/c1-2-7-8(16-4-3-15-7)9-12-5-6(11)10(14)13-9/h5,7-8H,2-4H2,1H3,(H,12,13,14). The maximum absolute atomic E-state index is 11.5. The lowest BCUT2D eigenvalue weighted by Gasteiger charge is -2.28. The van der Waals surface area contributed by atoms with E-state index in [0.29, 0.717) is 15.0 Å². The molecule has 2 atom stereocenters. The first-order chi connectivity index (χ1) is 7.72. The fraction of sp³-hybridized carbons (Fsp3) is 0.600. The smallest absolute Gasteiger partial charge is 0.265 e. The molecule has 2 unspecified atom stereocenters. The van der Waals surface area contributed by atoms with Crippen molar-refractivity contribution < 1.29 is 0 Å². The molecule has 16 heavy (non-hydrogen) atoms. The molecule has 3 nitrogen and oxygen atoms in total. The fourth-order valence-corrected chi connectivity index (χ4v) is 4.92. The molecule has 1 aromatic rings. The molecule has 1 fully saturated rings. The van der Waals surface area contributed by atoms with Gasteiger partial charge in [0.2, 0.25) is 0 Å². The average molecular weight is 321 g/mol. The van der Waals surface area contributed by atoms with E-state index in [1.54, 1.807) is 6.20 Å². The molecular formula is C10H13BrN2OS2. The second-order valence-electron chi connectivity index (χ2n) is 3.55. The lowest BCUT2D eigenvalue weighted by atomic mass is 10.2. The first-order valence-electron chi connectivity index (χ1n) is 5.20. The molecular weight excluding hydrogens is 308 g/mol. The van der Waals surface area contributed by atoms with Gasteiger partial charge < -0.3 is 4.98 Å². The highest BCUT2D eigenvalue weighted by Crippen LogP contribution is 2.42. The van der Waals surface area contributed by atoms with E-state index in [-0.39, 0.29) is 5.56 Å². The third kappa shape index (κ3) is 2.65.